The van der Waals surface area contributed by atoms with Gasteiger partial charge in [0.1, 0.15) is 6.04 Å². The van der Waals surface area contributed by atoms with Gasteiger partial charge in [-0.25, -0.2) is 0 Å². The molecule has 2 aromatic rings. The minimum Gasteiger partial charge on any atom is -0.352 e. The van der Waals surface area contributed by atoms with Crippen molar-refractivity contribution >= 4 is 22.7 Å². The Morgan fingerprint density at radius 2 is 2.00 bits per heavy atom. The largest absolute Gasteiger partial charge is 0.352 e. The second-order valence-corrected chi connectivity index (χ2v) is 8.64. The maximum Gasteiger partial charge on any atom is 0.273 e. The summed E-state index contributed by atoms with van der Waals surface area (Å²) in [6.45, 7) is 7.07. The van der Waals surface area contributed by atoms with Gasteiger partial charge in [-0.15, -0.1) is 0 Å². The van der Waals surface area contributed by atoms with Crippen LogP contribution in [0.5, 0.6) is 0 Å². The zero-order valence-electron chi connectivity index (χ0n) is 17.0. The molecule has 2 amide bonds. The van der Waals surface area contributed by atoms with Crippen molar-refractivity contribution in [3.8, 4) is 0 Å². The highest BCUT2D eigenvalue weighted by molar-refractivity contribution is 6.06. The lowest BCUT2D eigenvalue weighted by Crippen LogP contribution is -2.56. The number of amides is 2. The maximum absolute atomic E-state index is 13.1. The third-order valence-electron chi connectivity index (χ3n) is 5.30. The first-order chi connectivity index (χ1) is 13.3. The molecule has 0 saturated heterocycles. The Bertz CT molecular complexity index is 848. The van der Waals surface area contributed by atoms with Gasteiger partial charge in [-0.3, -0.25) is 14.3 Å². The van der Waals surface area contributed by atoms with Crippen molar-refractivity contribution in [2.45, 2.75) is 65.1 Å². The summed E-state index contributed by atoms with van der Waals surface area (Å²) in [5.74, 6) is -0.455. The highest BCUT2D eigenvalue weighted by atomic mass is 16.2. The number of aryl methyl sites for hydroxylation is 1. The number of hydrogen-bond acceptors (Lipinski definition) is 4. The molecule has 1 unspecified atom stereocenters. The Balaban J connectivity index is 1.84. The number of aromatic nitrogens is 2. The van der Waals surface area contributed by atoms with Gasteiger partial charge in [0.2, 0.25) is 5.91 Å². The number of nitrogens with two attached hydrogens (primary N) is 1. The molecule has 1 aliphatic rings. The average molecular weight is 386 g/mol. The number of benzene rings is 1. The van der Waals surface area contributed by atoms with Crippen LogP contribution in [0.3, 0.4) is 0 Å². The van der Waals surface area contributed by atoms with E-state index in [-0.39, 0.29) is 17.9 Å². The van der Waals surface area contributed by atoms with Crippen molar-refractivity contribution in [1.29, 1.82) is 0 Å². The third kappa shape index (κ3) is 4.35. The van der Waals surface area contributed by atoms with E-state index in [0.717, 1.165) is 36.6 Å². The van der Waals surface area contributed by atoms with Gasteiger partial charge in [0.25, 0.3) is 5.91 Å². The number of carbonyl (C=O) groups excluding carboxylic acids is 2. The van der Waals surface area contributed by atoms with Gasteiger partial charge < -0.3 is 16.4 Å². The van der Waals surface area contributed by atoms with Crippen molar-refractivity contribution in [2.24, 2.45) is 11.1 Å². The summed E-state index contributed by atoms with van der Waals surface area (Å²) < 4.78 is 1.82. The van der Waals surface area contributed by atoms with Crippen LogP contribution in [-0.2, 0) is 11.3 Å². The van der Waals surface area contributed by atoms with Crippen molar-refractivity contribution in [3.63, 3.8) is 0 Å². The molecule has 1 aliphatic carbocycles. The van der Waals surface area contributed by atoms with Crippen molar-refractivity contribution in [3.05, 3.63) is 30.0 Å². The van der Waals surface area contributed by atoms with E-state index in [4.69, 9.17) is 5.73 Å². The molecule has 7 nitrogen and oxygen atoms in total. The number of para-hydroxylation sites is 1. The molecule has 1 aromatic carbocycles. The fourth-order valence-electron chi connectivity index (χ4n) is 3.42. The molecule has 1 heterocycles. The van der Waals surface area contributed by atoms with Crippen LogP contribution in [0.25, 0.3) is 10.9 Å². The smallest absolute Gasteiger partial charge is 0.273 e. The molecule has 1 atom stereocenters. The molecule has 152 valence electrons. The van der Waals surface area contributed by atoms with E-state index in [2.05, 4.69) is 15.7 Å². The van der Waals surface area contributed by atoms with E-state index < -0.39 is 11.5 Å². The molecule has 1 saturated carbocycles. The Hall–Kier alpha value is -2.41. The second-order valence-electron chi connectivity index (χ2n) is 8.64. The predicted molar refractivity (Wildman–Crippen MR) is 110 cm³/mol. The predicted octanol–water partition coefficient (Wildman–Crippen LogP) is 2.20. The van der Waals surface area contributed by atoms with Crippen LogP contribution in [0, 0.1) is 5.41 Å². The van der Waals surface area contributed by atoms with E-state index in [1.807, 2.05) is 49.7 Å². The van der Waals surface area contributed by atoms with E-state index in [1.54, 1.807) is 0 Å². The summed E-state index contributed by atoms with van der Waals surface area (Å²) in [4.78, 5) is 25.9. The molecule has 3 rings (SSSR count). The molecule has 0 radical (unpaired) electrons. The summed E-state index contributed by atoms with van der Waals surface area (Å²) >= 11 is 0. The zero-order chi connectivity index (χ0) is 20.3. The summed E-state index contributed by atoms with van der Waals surface area (Å²) in [7, 11) is 0. The Morgan fingerprint density at radius 3 is 2.61 bits per heavy atom. The zero-order valence-corrected chi connectivity index (χ0v) is 17.0. The highest BCUT2D eigenvalue weighted by Crippen LogP contribution is 2.24. The van der Waals surface area contributed by atoms with Crippen molar-refractivity contribution in [2.75, 3.05) is 6.54 Å². The molecule has 1 aromatic heterocycles. The first-order valence-corrected chi connectivity index (χ1v) is 10.1. The third-order valence-corrected chi connectivity index (χ3v) is 5.30. The van der Waals surface area contributed by atoms with Gasteiger partial charge in [-0.05, 0) is 43.7 Å². The van der Waals surface area contributed by atoms with Crippen molar-refractivity contribution in [1.82, 2.24) is 20.4 Å². The maximum atomic E-state index is 13.1. The molecular weight excluding hydrogens is 354 g/mol. The van der Waals surface area contributed by atoms with E-state index in [1.165, 1.54) is 0 Å². The molecular formula is C21H31N5O2. The van der Waals surface area contributed by atoms with Crippen LogP contribution in [0.2, 0.25) is 0 Å². The number of fused-ring (bicyclic) bond motifs is 1. The molecule has 0 bridgehead atoms. The lowest BCUT2D eigenvalue weighted by atomic mass is 9.85. The van der Waals surface area contributed by atoms with E-state index in [0.29, 0.717) is 18.8 Å². The first kappa shape index (κ1) is 20.3. The summed E-state index contributed by atoms with van der Waals surface area (Å²) in [5, 5.41) is 11.3. The van der Waals surface area contributed by atoms with Crippen LogP contribution >= 0.6 is 0 Å². The highest BCUT2D eigenvalue weighted by Gasteiger charge is 2.35. The molecule has 7 heteroatoms. The first-order valence-electron chi connectivity index (χ1n) is 10.1. The fourth-order valence-corrected chi connectivity index (χ4v) is 3.42. The van der Waals surface area contributed by atoms with Crippen LogP contribution in [0.15, 0.2) is 24.3 Å². The van der Waals surface area contributed by atoms with Crippen LogP contribution in [0.4, 0.5) is 0 Å². The summed E-state index contributed by atoms with van der Waals surface area (Å²) in [6.07, 6.45) is 3.93. The van der Waals surface area contributed by atoms with E-state index in [9.17, 15) is 9.59 Å². The van der Waals surface area contributed by atoms with Crippen molar-refractivity contribution < 1.29 is 9.59 Å². The van der Waals surface area contributed by atoms with Crippen LogP contribution in [-0.4, -0.2) is 40.2 Å². The molecule has 28 heavy (non-hydrogen) atoms. The SMILES string of the molecule is CC(C)(C)C(NC(=O)c1nn(CCCN)c2ccccc12)C(=O)NC1CCC1. The standard InChI is InChI=1S/C21H31N5O2/c1-21(2,3)18(20(28)23-14-8-6-9-14)24-19(27)17-15-10-4-5-11-16(15)26(25-17)13-7-12-22/h4-5,10-11,14,18H,6-9,12-13,22H2,1-3H3,(H,23,28)(H,24,27). The topological polar surface area (TPSA) is 102 Å². The van der Waals surface area contributed by atoms with Crippen LogP contribution in [0.1, 0.15) is 56.9 Å². The normalized spacial score (nSPS) is 15.9. The minimum absolute atomic E-state index is 0.127. The van der Waals surface area contributed by atoms with Gasteiger partial charge >= 0.3 is 0 Å². The number of carbonyl (C=O) groups is 2. The number of hydrogen-bond donors (Lipinski definition) is 3. The lowest BCUT2D eigenvalue weighted by molar-refractivity contribution is -0.126. The molecule has 1 fully saturated rings. The number of nitrogens with zero attached hydrogens (tertiary/aromatic N) is 2. The molecule has 0 spiro atoms. The quantitative estimate of drug-likeness (QED) is 0.680. The molecule has 0 aliphatic heterocycles. The van der Waals surface area contributed by atoms with Crippen LogP contribution < -0.4 is 16.4 Å². The Kier molecular flexibility index (Phi) is 6.03. The monoisotopic (exact) mass is 385 g/mol. The lowest BCUT2D eigenvalue weighted by Gasteiger charge is -2.34. The number of rotatable bonds is 7. The average Bonchev–Trinajstić information content (AvgIpc) is 2.98. The minimum atomic E-state index is -0.631. The fraction of sp³-hybridized carbons (Fsp3) is 0.571. The summed E-state index contributed by atoms with van der Waals surface area (Å²) in [6, 6.07) is 7.24. The molecule has 4 N–H and O–H groups in total. The Labute approximate surface area is 166 Å². The number of nitrogens with one attached hydrogen (secondary N) is 2. The van der Waals surface area contributed by atoms with E-state index >= 15 is 0 Å². The van der Waals surface area contributed by atoms with Gasteiger partial charge in [-0.1, -0.05) is 39.0 Å². The summed E-state index contributed by atoms with van der Waals surface area (Å²) in [5.41, 5.74) is 6.45. The second kappa shape index (κ2) is 8.31. The van der Waals surface area contributed by atoms with Gasteiger partial charge in [-0.2, -0.15) is 5.10 Å². The Morgan fingerprint density at radius 1 is 1.29 bits per heavy atom. The van der Waals surface area contributed by atoms with Gasteiger partial charge in [0, 0.05) is 18.0 Å². The van der Waals surface area contributed by atoms with Gasteiger partial charge in [0.05, 0.1) is 5.52 Å². The van der Waals surface area contributed by atoms with Gasteiger partial charge in [0.15, 0.2) is 5.69 Å².